The second kappa shape index (κ2) is 46.2. The van der Waals surface area contributed by atoms with Gasteiger partial charge in [-0.3, -0.25) is 4.79 Å². The van der Waals surface area contributed by atoms with Crippen LogP contribution in [-0.4, -0.2) is 34.9 Å². The first kappa shape index (κ1) is 52.8. The number of amides is 1. The van der Waals surface area contributed by atoms with Crippen molar-refractivity contribution in [3.63, 3.8) is 0 Å². The van der Waals surface area contributed by atoms with E-state index in [1.54, 1.807) is 0 Å². The first-order valence-electron chi connectivity index (χ1n) is 23.6. The molecule has 0 spiro atoms. The van der Waals surface area contributed by atoms with Crippen LogP contribution in [0.5, 0.6) is 0 Å². The van der Waals surface area contributed by atoms with Gasteiger partial charge in [-0.2, -0.15) is 0 Å². The molecule has 0 bridgehead atoms. The summed E-state index contributed by atoms with van der Waals surface area (Å²) in [5, 5.41) is 23.2. The van der Waals surface area contributed by atoms with Crippen molar-refractivity contribution >= 4 is 5.91 Å². The molecule has 0 aliphatic carbocycles. The summed E-state index contributed by atoms with van der Waals surface area (Å²) in [6.45, 7) is 4.24. The second-order valence-electron chi connectivity index (χ2n) is 15.8. The fourth-order valence-corrected chi connectivity index (χ4v) is 6.89. The van der Waals surface area contributed by atoms with Crippen molar-refractivity contribution in [2.24, 2.45) is 0 Å². The molecule has 0 aliphatic heterocycles. The molecule has 2 unspecified atom stereocenters. The molecule has 1 amide bonds. The number of aliphatic hydroxyl groups is 2. The molecule has 0 aromatic carbocycles. The highest BCUT2D eigenvalue weighted by Gasteiger charge is 2.20. The molecule has 0 saturated carbocycles. The maximum absolute atomic E-state index is 12.4. The van der Waals surface area contributed by atoms with Gasteiger partial charge in [-0.15, -0.1) is 0 Å². The molecule has 0 heterocycles. The van der Waals surface area contributed by atoms with Crippen LogP contribution in [0, 0.1) is 0 Å². The lowest BCUT2D eigenvalue weighted by Gasteiger charge is -2.22. The third-order valence-corrected chi connectivity index (χ3v) is 10.5. The molecule has 55 heavy (non-hydrogen) atoms. The number of carbonyl (C=O) groups is 1. The summed E-state index contributed by atoms with van der Waals surface area (Å²) >= 11 is 0. The van der Waals surface area contributed by atoms with E-state index in [2.05, 4.69) is 92.1 Å². The van der Waals surface area contributed by atoms with Gasteiger partial charge in [0.2, 0.25) is 5.91 Å². The van der Waals surface area contributed by atoms with Crippen LogP contribution in [0.15, 0.2) is 72.9 Å². The lowest BCUT2D eigenvalue weighted by molar-refractivity contribution is -0.123. The molecule has 2 atom stereocenters. The van der Waals surface area contributed by atoms with E-state index in [0.717, 1.165) is 83.5 Å². The van der Waals surface area contributed by atoms with Gasteiger partial charge in [0, 0.05) is 6.42 Å². The van der Waals surface area contributed by atoms with Crippen LogP contribution >= 0.6 is 0 Å². The van der Waals surface area contributed by atoms with Crippen LogP contribution in [0.1, 0.15) is 226 Å². The molecule has 0 aliphatic rings. The van der Waals surface area contributed by atoms with Crippen molar-refractivity contribution < 1.29 is 15.0 Å². The molecule has 0 aromatic heterocycles. The Morgan fingerprint density at radius 2 is 0.800 bits per heavy atom. The number of nitrogens with one attached hydrogen (secondary N) is 1. The minimum atomic E-state index is -0.675. The van der Waals surface area contributed by atoms with Crippen molar-refractivity contribution in [2.75, 3.05) is 6.61 Å². The first-order valence-corrected chi connectivity index (χ1v) is 23.6. The molecule has 318 valence electrons. The molecule has 0 fully saturated rings. The van der Waals surface area contributed by atoms with Crippen LogP contribution in [0.3, 0.4) is 0 Å². The summed E-state index contributed by atoms with van der Waals surface area (Å²) < 4.78 is 0. The van der Waals surface area contributed by atoms with Crippen LogP contribution in [0.25, 0.3) is 0 Å². The van der Waals surface area contributed by atoms with Crippen molar-refractivity contribution in [1.29, 1.82) is 0 Å². The zero-order valence-electron chi connectivity index (χ0n) is 36.4. The standard InChI is InChI=1S/C51H91NO3/c1-3-5-7-9-11-13-15-17-19-21-23-25-26-27-29-31-33-35-37-39-41-43-45-47-51(55)52-49(48-53)50(54)46-44-42-40-38-36-34-32-30-28-24-22-20-18-16-14-12-10-8-6-4-2/h5,7,11,13,17,19,23,25,27,29,33,35,49-50,53-54H,3-4,6,8-10,12,14-16,18,20-22,24,26,28,30-32,34,36-48H2,1-2H3,(H,52,55)/b7-5-,13-11-,19-17-,25-23-,29-27-,35-33-. The van der Waals surface area contributed by atoms with Crippen molar-refractivity contribution in [1.82, 2.24) is 5.32 Å². The molecule has 0 radical (unpaired) electrons. The predicted molar refractivity (Wildman–Crippen MR) is 244 cm³/mol. The van der Waals surface area contributed by atoms with Crippen LogP contribution < -0.4 is 5.32 Å². The third-order valence-electron chi connectivity index (χ3n) is 10.5. The summed E-state index contributed by atoms with van der Waals surface area (Å²) in [5.41, 5.74) is 0. The number of unbranched alkanes of at least 4 members (excludes halogenated alkanes) is 23. The highest BCUT2D eigenvalue weighted by Crippen LogP contribution is 2.16. The van der Waals surface area contributed by atoms with Crippen molar-refractivity contribution in [3.8, 4) is 0 Å². The van der Waals surface area contributed by atoms with Crippen LogP contribution in [0.4, 0.5) is 0 Å². The SMILES string of the molecule is CC/C=C\C/C=C\C/C=C\C/C=C\C/C=C\C/C=C\CCCCCCC(=O)NC(CO)C(O)CCCCCCCCCCCCCCCCCCCCCC. The Morgan fingerprint density at radius 3 is 1.20 bits per heavy atom. The van der Waals surface area contributed by atoms with Crippen LogP contribution in [-0.2, 0) is 4.79 Å². The van der Waals surface area contributed by atoms with Gasteiger partial charge in [0.1, 0.15) is 0 Å². The van der Waals surface area contributed by atoms with Crippen molar-refractivity contribution in [2.45, 2.75) is 238 Å². The van der Waals surface area contributed by atoms with Gasteiger partial charge in [0.05, 0.1) is 18.8 Å². The Hall–Kier alpha value is -2.17. The highest BCUT2D eigenvalue weighted by molar-refractivity contribution is 5.76. The fraction of sp³-hybridized carbons (Fsp3) is 0.745. The average Bonchev–Trinajstić information content (AvgIpc) is 3.19. The van der Waals surface area contributed by atoms with Gasteiger partial charge < -0.3 is 15.5 Å². The fourth-order valence-electron chi connectivity index (χ4n) is 6.89. The maximum Gasteiger partial charge on any atom is 0.220 e. The first-order chi connectivity index (χ1) is 27.2. The molecule has 0 saturated heterocycles. The van der Waals surface area contributed by atoms with Gasteiger partial charge >= 0.3 is 0 Å². The molecular formula is C51H91NO3. The molecule has 3 N–H and O–H groups in total. The number of aliphatic hydroxyl groups excluding tert-OH is 2. The third kappa shape index (κ3) is 42.8. The van der Waals surface area contributed by atoms with E-state index >= 15 is 0 Å². The zero-order chi connectivity index (χ0) is 40.0. The Bertz CT molecular complexity index is 961. The molecule has 0 aromatic rings. The van der Waals surface area contributed by atoms with E-state index in [4.69, 9.17) is 0 Å². The number of hydrogen-bond donors (Lipinski definition) is 3. The van der Waals surface area contributed by atoms with Gasteiger partial charge in [0.15, 0.2) is 0 Å². The van der Waals surface area contributed by atoms with Gasteiger partial charge in [-0.25, -0.2) is 0 Å². The Balaban J connectivity index is 3.60. The van der Waals surface area contributed by atoms with E-state index in [-0.39, 0.29) is 12.5 Å². The summed E-state index contributed by atoms with van der Waals surface area (Å²) in [7, 11) is 0. The molecule has 4 heteroatoms. The zero-order valence-corrected chi connectivity index (χ0v) is 36.4. The quantitative estimate of drug-likeness (QED) is 0.0428. The second-order valence-corrected chi connectivity index (χ2v) is 15.8. The molecule has 0 rings (SSSR count). The summed E-state index contributed by atoms with van der Waals surface area (Å²) in [4.78, 5) is 12.4. The number of allylic oxidation sites excluding steroid dienone is 12. The maximum atomic E-state index is 12.4. The lowest BCUT2D eigenvalue weighted by Crippen LogP contribution is -2.45. The molecule has 4 nitrogen and oxygen atoms in total. The normalized spacial score (nSPS) is 13.6. The summed E-state index contributed by atoms with van der Waals surface area (Å²) in [6, 6.07) is -0.555. The number of rotatable bonds is 42. The minimum absolute atomic E-state index is 0.0569. The van der Waals surface area contributed by atoms with Gasteiger partial charge in [-0.1, -0.05) is 228 Å². The lowest BCUT2D eigenvalue weighted by atomic mass is 10.0. The molecular weight excluding hydrogens is 675 g/mol. The predicted octanol–water partition coefficient (Wildman–Crippen LogP) is 15.1. The van der Waals surface area contributed by atoms with E-state index in [1.807, 2.05) is 0 Å². The minimum Gasteiger partial charge on any atom is -0.394 e. The van der Waals surface area contributed by atoms with Gasteiger partial charge in [-0.05, 0) is 64.2 Å². The van der Waals surface area contributed by atoms with E-state index in [0.29, 0.717) is 12.8 Å². The summed E-state index contributed by atoms with van der Waals surface area (Å²) in [5.74, 6) is -0.0569. The Morgan fingerprint density at radius 1 is 0.455 bits per heavy atom. The van der Waals surface area contributed by atoms with E-state index in [1.165, 1.54) is 116 Å². The monoisotopic (exact) mass is 766 g/mol. The average molecular weight is 766 g/mol. The topological polar surface area (TPSA) is 69.6 Å². The number of hydrogen-bond acceptors (Lipinski definition) is 3. The van der Waals surface area contributed by atoms with E-state index < -0.39 is 12.1 Å². The van der Waals surface area contributed by atoms with Crippen LogP contribution in [0.2, 0.25) is 0 Å². The smallest absolute Gasteiger partial charge is 0.220 e. The highest BCUT2D eigenvalue weighted by atomic mass is 16.3. The van der Waals surface area contributed by atoms with Crippen molar-refractivity contribution in [3.05, 3.63) is 72.9 Å². The van der Waals surface area contributed by atoms with E-state index in [9.17, 15) is 15.0 Å². The summed E-state index contributed by atoms with van der Waals surface area (Å²) in [6.07, 6.45) is 65.6. The van der Waals surface area contributed by atoms with Gasteiger partial charge in [0.25, 0.3) is 0 Å². The Kier molecular flexibility index (Phi) is 44.4. The Labute approximate surface area is 342 Å². The largest absolute Gasteiger partial charge is 0.394 e. The number of carbonyl (C=O) groups excluding carboxylic acids is 1.